The number of nitrogens with zero attached hydrogens (tertiary/aromatic N) is 1. The minimum Gasteiger partial charge on any atom is -0.337 e. The SMILES string of the molecule is O=C(NCCCl)Nc1[nH]c(=O)ncc1Cl. The van der Waals surface area contributed by atoms with Gasteiger partial charge in [0.2, 0.25) is 0 Å². The lowest BCUT2D eigenvalue weighted by molar-refractivity contribution is 0.252. The lowest BCUT2D eigenvalue weighted by atomic mass is 10.6. The summed E-state index contributed by atoms with van der Waals surface area (Å²) >= 11 is 11.0. The van der Waals surface area contributed by atoms with Gasteiger partial charge in [0.25, 0.3) is 0 Å². The maximum Gasteiger partial charge on any atom is 0.346 e. The van der Waals surface area contributed by atoms with Crippen LogP contribution in [-0.2, 0) is 0 Å². The van der Waals surface area contributed by atoms with Gasteiger partial charge in [0, 0.05) is 12.4 Å². The Labute approximate surface area is 95.0 Å². The summed E-state index contributed by atoms with van der Waals surface area (Å²) in [5.74, 6) is 0.400. The Kier molecular flexibility index (Phi) is 4.38. The zero-order chi connectivity index (χ0) is 11.3. The van der Waals surface area contributed by atoms with Crippen LogP contribution >= 0.6 is 23.2 Å². The van der Waals surface area contributed by atoms with Crippen LogP contribution in [0.3, 0.4) is 0 Å². The Bertz CT molecular complexity index is 406. The van der Waals surface area contributed by atoms with Gasteiger partial charge < -0.3 is 5.32 Å². The van der Waals surface area contributed by atoms with Gasteiger partial charge >= 0.3 is 11.7 Å². The average Bonchev–Trinajstić information content (AvgIpc) is 2.20. The molecule has 82 valence electrons. The van der Waals surface area contributed by atoms with Crippen molar-refractivity contribution in [3.8, 4) is 0 Å². The number of nitrogens with one attached hydrogen (secondary N) is 3. The molecule has 0 aliphatic rings. The highest BCUT2D eigenvalue weighted by Gasteiger charge is 2.05. The maximum absolute atomic E-state index is 11.2. The molecule has 6 nitrogen and oxygen atoms in total. The summed E-state index contributed by atoms with van der Waals surface area (Å²) in [6, 6.07) is -0.501. The summed E-state index contributed by atoms with van der Waals surface area (Å²) < 4.78 is 0. The molecule has 0 aromatic carbocycles. The Balaban J connectivity index is 2.67. The van der Waals surface area contributed by atoms with Crippen molar-refractivity contribution >= 4 is 35.1 Å². The largest absolute Gasteiger partial charge is 0.346 e. The van der Waals surface area contributed by atoms with E-state index in [0.29, 0.717) is 12.4 Å². The summed E-state index contributed by atoms with van der Waals surface area (Å²) in [7, 11) is 0. The van der Waals surface area contributed by atoms with Gasteiger partial charge in [-0.05, 0) is 0 Å². The van der Waals surface area contributed by atoms with E-state index in [9.17, 15) is 9.59 Å². The molecule has 1 aromatic heterocycles. The highest BCUT2D eigenvalue weighted by Crippen LogP contribution is 2.14. The third kappa shape index (κ3) is 3.77. The number of anilines is 1. The fourth-order valence-corrected chi connectivity index (χ4v) is 1.03. The van der Waals surface area contributed by atoms with Gasteiger partial charge in [0.15, 0.2) is 0 Å². The van der Waals surface area contributed by atoms with Crippen molar-refractivity contribution in [1.29, 1.82) is 0 Å². The number of halogens is 2. The van der Waals surface area contributed by atoms with E-state index >= 15 is 0 Å². The normalized spacial score (nSPS) is 9.73. The number of hydrogen-bond acceptors (Lipinski definition) is 3. The van der Waals surface area contributed by atoms with Crippen LogP contribution in [0.5, 0.6) is 0 Å². The summed E-state index contributed by atoms with van der Waals surface area (Å²) in [6.45, 7) is 0.320. The Morgan fingerprint density at radius 1 is 1.60 bits per heavy atom. The molecule has 1 heterocycles. The molecule has 1 rings (SSSR count). The standard InChI is InChI=1S/C7H8Cl2N4O2/c8-1-2-10-6(14)12-5-4(9)3-11-7(15)13-5/h3H,1-2H2,(H3,10,11,12,13,14,15). The molecule has 15 heavy (non-hydrogen) atoms. The number of aromatic nitrogens is 2. The second kappa shape index (κ2) is 5.57. The van der Waals surface area contributed by atoms with E-state index in [2.05, 4.69) is 20.6 Å². The predicted octanol–water partition coefficient (Wildman–Crippen LogP) is 0.784. The fourth-order valence-electron chi connectivity index (χ4n) is 0.788. The number of urea groups is 1. The first-order valence-corrected chi connectivity index (χ1v) is 4.90. The Morgan fingerprint density at radius 3 is 3.00 bits per heavy atom. The first kappa shape index (κ1) is 11.8. The molecule has 0 aliphatic heterocycles. The number of carbonyl (C=O) groups is 1. The summed E-state index contributed by atoms with van der Waals surface area (Å²) in [6.07, 6.45) is 1.15. The molecule has 0 saturated carbocycles. The molecule has 0 bridgehead atoms. The highest BCUT2D eigenvalue weighted by molar-refractivity contribution is 6.33. The number of amides is 2. The van der Waals surface area contributed by atoms with Crippen molar-refractivity contribution in [2.45, 2.75) is 0 Å². The molecule has 2 amide bonds. The van der Waals surface area contributed by atoms with Crippen molar-refractivity contribution in [3.05, 3.63) is 21.7 Å². The average molecular weight is 251 g/mol. The second-order valence-corrected chi connectivity index (χ2v) is 3.27. The summed E-state index contributed by atoms with van der Waals surface area (Å²) in [5, 5.41) is 4.94. The molecule has 0 spiro atoms. The van der Waals surface area contributed by atoms with Gasteiger partial charge in [-0.1, -0.05) is 11.6 Å². The van der Waals surface area contributed by atoms with Gasteiger partial charge in [-0.2, -0.15) is 0 Å². The Morgan fingerprint density at radius 2 is 2.33 bits per heavy atom. The molecular formula is C7H8Cl2N4O2. The smallest absolute Gasteiger partial charge is 0.337 e. The minimum atomic E-state index is -0.591. The van der Waals surface area contributed by atoms with Crippen LogP contribution in [0.15, 0.2) is 11.0 Å². The predicted molar refractivity (Wildman–Crippen MR) is 57.6 cm³/mol. The maximum atomic E-state index is 11.2. The van der Waals surface area contributed by atoms with E-state index in [1.165, 1.54) is 0 Å². The molecule has 3 N–H and O–H groups in total. The quantitative estimate of drug-likeness (QED) is 0.694. The molecular weight excluding hydrogens is 243 g/mol. The zero-order valence-electron chi connectivity index (χ0n) is 7.51. The van der Waals surface area contributed by atoms with Gasteiger partial charge in [-0.25, -0.2) is 14.6 Å². The first-order valence-electron chi connectivity index (χ1n) is 3.99. The number of alkyl halides is 1. The lowest BCUT2D eigenvalue weighted by Crippen LogP contribution is -2.31. The van der Waals surface area contributed by atoms with Crippen LogP contribution in [0.4, 0.5) is 10.6 Å². The summed E-state index contributed by atoms with van der Waals surface area (Å²) in [5.41, 5.74) is -0.591. The number of aromatic amines is 1. The van der Waals surface area contributed by atoms with E-state index in [-0.39, 0.29) is 10.8 Å². The molecule has 0 aliphatic carbocycles. The van der Waals surface area contributed by atoms with Gasteiger partial charge in [0.1, 0.15) is 5.82 Å². The minimum absolute atomic E-state index is 0.101. The fraction of sp³-hybridized carbons (Fsp3) is 0.286. The topological polar surface area (TPSA) is 86.9 Å². The van der Waals surface area contributed by atoms with E-state index in [1.54, 1.807) is 0 Å². The van der Waals surface area contributed by atoms with Crippen molar-refractivity contribution in [2.24, 2.45) is 0 Å². The number of H-pyrrole nitrogens is 1. The molecule has 0 saturated heterocycles. The van der Waals surface area contributed by atoms with Crippen molar-refractivity contribution in [3.63, 3.8) is 0 Å². The number of carbonyl (C=O) groups excluding carboxylic acids is 1. The van der Waals surface area contributed by atoms with E-state index < -0.39 is 11.7 Å². The van der Waals surface area contributed by atoms with Crippen molar-refractivity contribution < 1.29 is 4.79 Å². The second-order valence-electron chi connectivity index (χ2n) is 2.48. The molecule has 1 aromatic rings. The number of rotatable bonds is 3. The van der Waals surface area contributed by atoms with E-state index in [4.69, 9.17) is 23.2 Å². The monoisotopic (exact) mass is 250 g/mol. The molecule has 0 radical (unpaired) electrons. The molecule has 0 fully saturated rings. The summed E-state index contributed by atoms with van der Waals surface area (Å²) in [4.78, 5) is 27.6. The molecule has 0 atom stereocenters. The Hall–Kier alpha value is -1.27. The van der Waals surface area contributed by atoms with E-state index in [0.717, 1.165) is 6.20 Å². The van der Waals surface area contributed by atoms with Crippen molar-refractivity contribution in [1.82, 2.24) is 15.3 Å². The highest BCUT2D eigenvalue weighted by atomic mass is 35.5. The first-order chi connectivity index (χ1) is 7.13. The van der Waals surface area contributed by atoms with Gasteiger partial charge in [-0.3, -0.25) is 10.3 Å². The molecule has 8 heteroatoms. The molecule has 0 unspecified atom stereocenters. The van der Waals surface area contributed by atoms with Crippen LogP contribution in [0.1, 0.15) is 0 Å². The van der Waals surface area contributed by atoms with Crippen LogP contribution in [0, 0.1) is 0 Å². The van der Waals surface area contributed by atoms with Gasteiger partial charge in [0.05, 0.1) is 11.2 Å². The van der Waals surface area contributed by atoms with Crippen LogP contribution in [-0.4, -0.2) is 28.4 Å². The zero-order valence-corrected chi connectivity index (χ0v) is 9.02. The third-order valence-electron chi connectivity index (χ3n) is 1.38. The van der Waals surface area contributed by atoms with Crippen molar-refractivity contribution in [2.75, 3.05) is 17.7 Å². The third-order valence-corrected chi connectivity index (χ3v) is 1.86. The van der Waals surface area contributed by atoms with Crippen LogP contribution < -0.4 is 16.3 Å². The lowest BCUT2D eigenvalue weighted by Gasteiger charge is -2.06. The van der Waals surface area contributed by atoms with Crippen LogP contribution in [0.25, 0.3) is 0 Å². The van der Waals surface area contributed by atoms with Gasteiger partial charge in [-0.15, -0.1) is 11.6 Å². The number of hydrogen-bond donors (Lipinski definition) is 3. The van der Waals surface area contributed by atoms with E-state index in [1.807, 2.05) is 0 Å². The van der Waals surface area contributed by atoms with Crippen LogP contribution in [0.2, 0.25) is 5.02 Å².